The average molecular weight is 419 g/mol. The molecule has 0 radical (unpaired) electrons. The van der Waals surface area contributed by atoms with Crippen molar-refractivity contribution in [3.63, 3.8) is 0 Å². The summed E-state index contributed by atoms with van der Waals surface area (Å²) in [6.07, 6.45) is 1.10. The smallest absolute Gasteiger partial charge is 0.242 e. The van der Waals surface area contributed by atoms with E-state index in [1.807, 2.05) is 61.5 Å². The minimum Gasteiger partial charge on any atom is -0.355 e. The minimum atomic E-state index is -0.489. The number of nitrogens with one attached hydrogen (secondary N) is 1. The second-order valence-corrected chi connectivity index (χ2v) is 8.05. The maximum Gasteiger partial charge on any atom is 0.242 e. The Labute approximate surface area is 176 Å². The van der Waals surface area contributed by atoms with Gasteiger partial charge in [-0.25, -0.2) is 0 Å². The van der Waals surface area contributed by atoms with E-state index in [9.17, 15) is 9.59 Å². The van der Waals surface area contributed by atoms with Gasteiger partial charge in [-0.3, -0.25) is 9.59 Å². The second kappa shape index (κ2) is 11.8. The number of benzene rings is 2. The molecule has 0 fully saturated rings. The lowest BCUT2D eigenvalue weighted by Crippen LogP contribution is -2.48. The van der Waals surface area contributed by atoms with Crippen molar-refractivity contribution in [3.8, 4) is 0 Å². The fourth-order valence-electron chi connectivity index (χ4n) is 2.82. The van der Waals surface area contributed by atoms with Gasteiger partial charge in [-0.2, -0.15) is 0 Å². The molecule has 0 aromatic heterocycles. The van der Waals surface area contributed by atoms with Gasteiger partial charge in [-0.05, 0) is 50.1 Å². The molecular formula is C22H27ClN2O2S. The molecular weight excluding hydrogens is 392 g/mol. The molecule has 0 spiro atoms. The fourth-order valence-corrected chi connectivity index (χ4v) is 3.79. The standard InChI is InChI=1S/C22H27ClN2O2S/c1-3-24-22(27)17(2)25(15-13-18-7-5-4-6-8-18)21(26)14-16-28-20-11-9-19(23)10-12-20/h4-12,17H,3,13-16H2,1-2H3,(H,24,27). The first-order valence-corrected chi connectivity index (χ1v) is 10.9. The average Bonchev–Trinajstić information content (AvgIpc) is 2.70. The number of nitrogens with zero attached hydrogens (tertiary/aromatic N) is 1. The quantitative estimate of drug-likeness (QED) is 0.581. The lowest BCUT2D eigenvalue weighted by atomic mass is 10.1. The normalized spacial score (nSPS) is 11.7. The summed E-state index contributed by atoms with van der Waals surface area (Å²) in [5.74, 6) is 0.537. The number of rotatable bonds is 10. The van der Waals surface area contributed by atoms with E-state index in [2.05, 4.69) is 5.32 Å². The molecule has 0 saturated carbocycles. The van der Waals surface area contributed by atoms with Gasteiger partial charge in [-0.1, -0.05) is 41.9 Å². The lowest BCUT2D eigenvalue weighted by molar-refractivity contribution is -0.139. The SMILES string of the molecule is CCNC(=O)C(C)N(CCc1ccccc1)C(=O)CCSc1ccc(Cl)cc1. The van der Waals surface area contributed by atoms with Crippen molar-refractivity contribution in [1.82, 2.24) is 10.2 Å². The van der Waals surface area contributed by atoms with Crippen LogP contribution in [0.1, 0.15) is 25.8 Å². The Balaban J connectivity index is 1.96. The van der Waals surface area contributed by atoms with Crippen molar-refractivity contribution >= 4 is 35.2 Å². The van der Waals surface area contributed by atoms with Crippen molar-refractivity contribution in [2.45, 2.75) is 37.6 Å². The van der Waals surface area contributed by atoms with Crippen LogP contribution in [-0.2, 0) is 16.0 Å². The largest absolute Gasteiger partial charge is 0.355 e. The number of likely N-dealkylation sites (N-methyl/N-ethyl adjacent to an activating group) is 1. The summed E-state index contributed by atoms with van der Waals surface area (Å²) in [4.78, 5) is 27.9. The first-order valence-electron chi connectivity index (χ1n) is 9.50. The molecule has 2 amide bonds. The van der Waals surface area contributed by atoms with Crippen LogP contribution in [0.5, 0.6) is 0 Å². The number of carbonyl (C=O) groups excluding carboxylic acids is 2. The highest BCUT2D eigenvalue weighted by Gasteiger charge is 2.25. The van der Waals surface area contributed by atoms with Gasteiger partial charge in [0.1, 0.15) is 6.04 Å². The van der Waals surface area contributed by atoms with Crippen LogP contribution in [0, 0.1) is 0 Å². The van der Waals surface area contributed by atoms with Crippen LogP contribution >= 0.6 is 23.4 Å². The molecule has 4 nitrogen and oxygen atoms in total. The predicted octanol–water partition coefficient (Wildman–Crippen LogP) is 4.42. The van der Waals surface area contributed by atoms with E-state index < -0.39 is 6.04 Å². The summed E-state index contributed by atoms with van der Waals surface area (Å²) in [6.45, 7) is 4.74. The molecule has 1 unspecified atom stereocenters. The molecule has 1 N–H and O–H groups in total. The first-order chi connectivity index (χ1) is 13.5. The summed E-state index contributed by atoms with van der Waals surface area (Å²) >= 11 is 7.52. The van der Waals surface area contributed by atoms with Crippen LogP contribution in [0.25, 0.3) is 0 Å². The summed E-state index contributed by atoms with van der Waals surface area (Å²) in [7, 11) is 0. The molecule has 150 valence electrons. The number of thioether (sulfide) groups is 1. The highest BCUT2D eigenvalue weighted by molar-refractivity contribution is 7.99. The Hall–Kier alpha value is -1.98. The summed E-state index contributed by atoms with van der Waals surface area (Å²) < 4.78 is 0. The first kappa shape index (κ1) is 22.3. The molecule has 0 saturated heterocycles. The van der Waals surface area contributed by atoms with Crippen molar-refractivity contribution in [2.75, 3.05) is 18.8 Å². The number of hydrogen-bond donors (Lipinski definition) is 1. The molecule has 2 rings (SSSR count). The van der Waals surface area contributed by atoms with E-state index in [4.69, 9.17) is 11.6 Å². The zero-order valence-corrected chi connectivity index (χ0v) is 17.9. The third-order valence-electron chi connectivity index (χ3n) is 4.40. The van der Waals surface area contributed by atoms with Crippen molar-refractivity contribution in [2.24, 2.45) is 0 Å². The zero-order chi connectivity index (χ0) is 20.4. The van der Waals surface area contributed by atoms with Gasteiger partial charge in [-0.15, -0.1) is 11.8 Å². The van der Waals surface area contributed by atoms with E-state index >= 15 is 0 Å². The van der Waals surface area contributed by atoms with Crippen LogP contribution in [0.2, 0.25) is 5.02 Å². The van der Waals surface area contributed by atoms with Gasteiger partial charge in [0.25, 0.3) is 0 Å². The molecule has 0 heterocycles. The Kier molecular flexibility index (Phi) is 9.38. The number of amides is 2. The molecule has 0 bridgehead atoms. The summed E-state index contributed by atoms with van der Waals surface area (Å²) in [5.41, 5.74) is 1.15. The van der Waals surface area contributed by atoms with Crippen molar-refractivity contribution in [1.29, 1.82) is 0 Å². The van der Waals surface area contributed by atoms with Crippen LogP contribution in [0.4, 0.5) is 0 Å². The minimum absolute atomic E-state index is 0.00357. The van der Waals surface area contributed by atoms with Gasteiger partial charge in [0.15, 0.2) is 0 Å². The molecule has 0 aliphatic heterocycles. The topological polar surface area (TPSA) is 49.4 Å². The Bertz CT molecular complexity index is 753. The van der Waals surface area contributed by atoms with Crippen LogP contribution in [-0.4, -0.2) is 41.6 Å². The third-order valence-corrected chi connectivity index (χ3v) is 5.67. The highest BCUT2D eigenvalue weighted by atomic mass is 35.5. The van der Waals surface area contributed by atoms with Crippen molar-refractivity contribution in [3.05, 3.63) is 65.2 Å². The van der Waals surface area contributed by atoms with Crippen molar-refractivity contribution < 1.29 is 9.59 Å². The number of hydrogen-bond acceptors (Lipinski definition) is 3. The molecule has 1 atom stereocenters. The van der Waals surface area contributed by atoms with Gasteiger partial charge in [0.05, 0.1) is 0 Å². The van der Waals surface area contributed by atoms with E-state index in [0.717, 1.165) is 16.9 Å². The third kappa shape index (κ3) is 7.21. The Morgan fingerprint density at radius 1 is 1.11 bits per heavy atom. The maximum absolute atomic E-state index is 12.9. The van der Waals surface area contributed by atoms with Gasteiger partial charge < -0.3 is 10.2 Å². The lowest BCUT2D eigenvalue weighted by Gasteiger charge is -2.28. The highest BCUT2D eigenvalue weighted by Crippen LogP contribution is 2.21. The zero-order valence-electron chi connectivity index (χ0n) is 16.4. The molecule has 0 aliphatic carbocycles. The Morgan fingerprint density at radius 3 is 2.43 bits per heavy atom. The van der Waals surface area contributed by atoms with Gasteiger partial charge in [0.2, 0.25) is 11.8 Å². The van der Waals surface area contributed by atoms with Gasteiger partial charge >= 0.3 is 0 Å². The summed E-state index contributed by atoms with van der Waals surface area (Å²) in [5, 5.41) is 3.51. The fraction of sp³-hybridized carbons (Fsp3) is 0.364. The number of carbonyl (C=O) groups is 2. The number of halogens is 1. The monoisotopic (exact) mass is 418 g/mol. The molecule has 6 heteroatoms. The van der Waals surface area contributed by atoms with E-state index in [1.54, 1.807) is 23.6 Å². The summed E-state index contributed by atoms with van der Waals surface area (Å²) in [6, 6.07) is 17.1. The second-order valence-electron chi connectivity index (χ2n) is 6.45. The molecule has 2 aromatic carbocycles. The predicted molar refractivity (Wildman–Crippen MR) is 117 cm³/mol. The molecule has 28 heavy (non-hydrogen) atoms. The van der Waals surface area contributed by atoms with E-state index in [-0.39, 0.29) is 11.8 Å². The Morgan fingerprint density at radius 2 is 1.79 bits per heavy atom. The van der Waals surface area contributed by atoms with Gasteiger partial charge in [0, 0.05) is 35.2 Å². The molecule has 2 aromatic rings. The van der Waals surface area contributed by atoms with Crippen LogP contribution in [0.3, 0.4) is 0 Å². The van der Waals surface area contributed by atoms with E-state index in [1.165, 1.54) is 0 Å². The molecule has 0 aliphatic rings. The maximum atomic E-state index is 12.9. The van der Waals surface area contributed by atoms with Crippen LogP contribution in [0.15, 0.2) is 59.5 Å². The van der Waals surface area contributed by atoms with E-state index in [0.29, 0.717) is 30.3 Å². The van der Waals surface area contributed by atoms with Crippen LogP contribution < -0.4 is 5.32 Å².